The molecule has 1 unspecified atom stereocenters. The van der Waals surface area contributed by atoms with Gasteiger partial charge in [-0.25, -0.2) is 8.42 Å². The van der Waals surface area contributed by atoms with Crippen molar-refractivity contribution in [2.75, 3.05) is 0 Å². The molecular formula is C17H27ClO2S. The molecule has 21 heavy (non-hydrogen) atoms. The third-order valence-electron chi connectivity index (χ3n) is 3.80. The summed E-state index contributed by atoms with van der Waals surface area (Å²) in [4.78, 5) is 0.363. The van der Waals surface area contributed by atoms with Crippen LogP contribution in [0.1, 0.15) is 65.2 Å². The standard InChI is InChI=1S/C17H27ClO2S/c1-3-5-6-7-8-12-16(10-4-2)21(19,20)17-13-9-11-15(18)14-17/h9,11,13-14,16H,3-8,10,12H2,1-2H3. The number of hydrogen-bond donors (Lipinski definition) is 0. The molecule has 4 heteroatoms. The van der Waals surface area contributed by atoms with Crippen LogP contribution in [0.15, 0.2) is 29.2 Å². The summed E-state index contributed by atoms with van der Waals surface area (Å²) in [7, 11) is -3.26. The molecule has 0 aromatic heterocycles. The van der Waals surface area contributed by atoms with Crippen molar-refractivity contribution in [1.82, 2.24) is 0 Å². The van der Waals surface area contributed by atoms with Gasteiger partial charge in [0.2, 0.25) is 0 Å². The summed E-state index contributed by atoms with van der Waals surface area (Å²) in [5.41, 5.74) is 0. The van der Waals surface area contributed by atoms with Gasteiger partial charge in [-0.3, -0.25) is 0 Å². The van der Waals surface area contributed by atoms with Crippen molar-refractivity contribution in [3.05, 3.63) is 29.3 Å². The van der Waals surface area contributed by atoms with Gasteiger partial charge >= 0.3 is 0 Å². The van der Waals surface area contributed by atoms with Gasteiger partial charge in [-0.1, -0.05) is 70.0 Å². The molecule has 1 rings (SSSR count). The molecule has 1 aromatic rings. The molecule has 1 aromatic carbocycles. The third-order valence-corrected chi connectivity index (χ3v) is 6.30. The Kier molecular flexibility index (Phi) is 8.35. The van der Waals surface area contributed by atoms with Crippen molar-refractivity contribution < 1.29 is 8.42 Å². The van der Waals surface area contributed by atoms with E-state index in [1.165, 1.54) is 19.3 Å². The molecule has 120 valence electrons. The number of hydrogen-bond acceptors (Lipinski definition) is 2. The molecule has 2 nitrogen and oxygen atoms in total. The lowest BCUT2D eigenvalue weighted by molar-refractivity contribution is 0.534. The second kappa shape index (κ2) is 9.47. The fourth-order valence-electron chi connectivity index (χ4n) is 2.59. The molecule has 0 saturated heterocycles. The minimum absolute atomic E-state index is 0.275. The van der Waals surface area contributed by atoms with E-state index in [0.717, 1.165) is 32.1 Å². The molecule has 0 aliphatic rings. The zero-order chi connectivity index (χ0) is 15.7. The van der Waals surface area contributed by atoms with E-state index in [0.29, 0.717) is 9.92 Å². The smallest absolute Gasteiger partial charge is 0.181 e. The van der Waals surface area contributed by atoms with Crippen molar-refractivity contribution in [2.24, 2.45) is 0 Å². The molecule has 0 saturated carbocycles. The Morgan fingerprint density at radius 2 is 1.71 bits per heavy atom. The normalized spacial score (nSPS) is 13.3. The molecule has 0 aliphatic heterocycles. The number of unbranched alkanes of at least 4 members (excludes halogenated alkanes) is 4. The first-order valence-corrected chi connectivity index (χ1v) is 9.94. The van der Waals surface area contributed by atoms with E-state index < -0.39 is 9.84 Å². The molecule has 0 spiro atoms. The molecule has 0 amide bonds. The van der Waals surface area contributed by atoms with Gasteiger partial charge in [0.1, 0.15) is 0 Å². The lowest BCUT2D eigenvalue weighted by Crippen LogP contribution is -2.21. The number of rotatable bonds is 10. The summed E-state index contributed by atoms with van der Waals surface area (Å²) < 4.78 is 25.5. The SMILES string of the molecule is CCCCCCCC(CCC)S(=O)(=O)c1cccc(Cl)c1. The van der Waals surface area contributed by atoms with E-state index in [9.17, 15) is 8.42 Å². The van der Waals surface area contributed by atoms with Crippen molar-refractivity contribution in [2.45, 2.75) is 75.4 Å². The number of halogens is 1. The highest BCUT2D eigenvalue weighted by atomic mass is 35.5. The first-order chi connectivity index (χ1) is 10.0. The van der Waals surface area contributed by atoms with Crippen molar-refractivity contribution in [3.63, 3.8) is 0 Å². The highest BCUT2D eigenvalue weighted by Crippen LogP contribution is 2.26. The Bertz CT molecular complexity index is 511. The van der Waals surface area contributed by atoms with E-state index in [-0.39, 0.29) is 5.25 Å². The zero-order valence-electron chi connectivity index (χ0n) is 13.1. The largest absolute Gasteiger partial charge is 0.223 e. The van der Waals surface area contributed by atoms with Crippen LogP contribution in [0.3, 0.4) is 0 Å². The van der Waals surface area contributed by atoms with E-state index in [4.69, 9.17) is 11.6 Å². The molecule has 0 aliphatic carbocycles. The lowest BCUT2D eigenvalue weighted by Gasteiger charge is -2.17. The molecule has 0 bridgehead atoms. The maximum absolute atomic E-state index is 12.7. The van der Waals surface area contributed by atoms with Crippen molar-refractivity contribution >= 4 is 21.4 Å². The van der Waals surface area contributed by atoms with Crippen LogP contribution in [-0.2, 0) is 9.84 Å². The van der Waals surface area contributed by atoms with E-state index >= 15 is 0 Å². The highest BCUT2D eigenvalue weighted by molar-refractivity contribution is 7.92. The van der Waals surface area contributed by atoms with E-state index in [1.54, 1.807) is 24.3 Å². The summed E-state index contributed by atoms with van der Waals surface area (Å²) in [5, 5.41) is 0.205. The maximum Gasteiger partial charge on any atom is 0.181 e. The van der Waals surface area contributed by atoms with Crippen LogP contribution >= 0.6 is 11.6 Å². The van der Waals surface area contributed by atoms with Gasteiger partial charge < -0.3 is 0 Å². The first-order valence-electron chi connectivity index (χ1n) is 8.01. The van der Waals surface area contributed by atoms with E-state index in [1.807, 2.05) is 6.92 Å². The summed E-state index contributed by atoms with van der Waals surface area (Å²) in [6.45, 7) is 4.22. The van der Waals surface area contributed by atoms with Gasteiger partial charge in [0, 0.05) is 5.02 Å². The quantitative estimate of drug-likeness (QED) is 0.520. The van der Waals surface area contributed by atoms with E-state index in [2.05, 4.69) is 6.92 Å². The van der Waals surface area contributed by atoms with Gasteiger partial charge in [-0.15, -0.1) is 0 Å². The second-order valence-corrected chi connectivity index (χ2v) is 8.28. The summed E-state index contributed by atoms with van der Waals surface area (Å²) in [6.07, 6.45) is 8.13. The van der Waals surface area contributed by atoms with Crippen LogP contribution < -0.4 is 0 Å². The van der Waals surface area contributed by atoms with Crippen LogP contribution in [0.5, 0.6) is 0 Å². The average Bonchev–Trinajstić information content (AvgIpc) is 2.46. The Hall–Kier alpha value is -0.540. The Labute approximate surface area is 134 Å². The third kappa shape index (κ3) is 5.99. The van der Waals surface area contributed by atoms with Crippen LogP contribution in [0.2, 0.25) is 5.02 Å². The Morgan fingerprint density at radius 1 is 1.00 bits per heavy atom. The molecule has 1 atom stereocenters. The second-order valence-electron chi connectivity index (χ2n) is 5.62. The molecule has 0 heterocycles. The van der Waals surface area contributed by atoms with Crippen molar-refractivity contribution in [3.8, 4) is 0 Å². The summed E-state index contributed by atoms with van der Waals surface area (Å²) in [5.74, 6) is 0. The first kappa shape index (κ1) is 18.5. The van der Waals surface area contributed by atoms with Crippen LogP contribution in [-0.4, -0.2) is 13.7 Å². The fraction of sp³-hybridized carbons (Fsp3) is 0.647. The predicted octanol–water partition coefficient (Wildman–Crippen LogP) is 5.64. The van der Waals surface area contributed by atoms with Gasteiger partial charge in [0.05, 0.1) is 10.1 Å². The molecule has 0 radical (unpaired) electrons. The fourth-order valence-corrected chi connectivity index (χ4v) is 4.81. The maximum atomic E-state index is 12.7. The van der Waals surface area contributed by atoms with Crippen LogP contribution in [0, 0.1) is 0 Å². The predicted molar refractivity (Wildman–Crippen MR) is 90.7 cm³/mol. The van der Waals surface area contributed by atoms with Gasteiger partial charge in [-0.2, -0.15) is 0 Å². The van der Waals surface area contributed by atoms with Crippen molar-refractivity contribution in [1.29, 1.82) is 0 Å². The summed E-state index contributed by atoms with van der Waals surface area (Å²) in [6, 6.07) is 6.64. The molecule has 0 N–H and O–H groups in total. The van der Waals surface area contributed by atoms with Crippen LogP contribution in [0.4, 0.5) is 0 Å². The monoisotopic (exact) mass is 330 g/mol. The van der Waals surface area contributed by atoms with Gasteiger partial charge in [0.15, 0.2) is 9.84 Å². The summed E-state index contributed by atoms with van der Waals surface area (Å²) >= 11 is 5.93. The topological polar surface area (TPSA) is 34.1 Å². The number of benzene rings is 1. The van der Waals surface area contributed by atoms with Crippen LogP contribution in [0.25, 0.3) is 0 Å². The lowest BCUT2D eigenvalue weighted by atomic mass is 10.1. The highest BCUT2D eigenvalue weighted by Gasteiger charge is 2.26. The Morgan fingerprint density at radius 3 is 2.33 bits per heavy atom. The number of sulfone groups is 1. The molecular weight excluding hydrogens is 304 g/mol. The average molecular weight is 331 g/mol. The zero-order valence-corrected chi connectivity index (χ0v) is 14.7. The van der Waals surface area contributed by atoms with Gasteiger partial charge in [-0.05, 0) is 31.0 Å². The minimum atomic E-state index is -3.26. The molecule has 0 fully saturated rings. The van der Waals surface area contributed by atoms with Gasteiger partial charge in [0.25, 0.3) is 0 Å². The minimum Gasteiger partial charge on any atom is -0.223 e. The Balaban J connectivity index is 2.73.